The van der Waals surface area contributed by atoms with E-state index in [-0.39, 0.29) is 12.3 Å². The lowest BCUT2D eigenvalue weighted by Crippen LogP contribution is -2.21. The standard InChI is InChI=1S/C22H25N5OS/c1-12-7-6-8-16(10-9-12)20-19-13(2)14(3)29-22(19)27-15(4)25-26-21(27)17(24-20)11-18(28)23-5/h6-10,12,17H,11H2,1-5H3,(H,23,28)/t12?,17-/m0/s1. The zero-order valence-corrected chi connectivity index (χ0v) is 18.2. The van der Waals surface area contributed by atoms with Gasteiger partial charge in [0.25, 0.3) is 0 Å². The number of hydrogen-bond acceptors (Lipinski definition) is 5. The summed E-state index contributed by atoms with van der Waals surface area (Å²) in [4.78, 5) is 18.6. The van der Waals surface area contributed by atoms with Gasteiger partial charge < -0.3 is 5.32 Å². The maximum atomic E-state index is 12.2. The van der Waals surface area contributed by atoms with Gasteiger partial charge in [-0.2, -0.15) is 0 Å². The Hall–Kier alpha value is -2.80. The number of rotatable bonds is 3. The van der Waals surface area contributed by atoms with E-state index in [1.54, 1.807) is 18.4 Å². The smallest absolute Gasteiger partial charge is 0.222 e. The molecule has 6 nitrogen and oxygen atoms in total. The summed E-state index contributed by atoms with van der Waals surface area (Å²) in [6, 6.07) is -0.399. The Kier molecular flexibility index (Phi) is 5.08. The van der Waals surface area contributed by atoms with Gasteiger partial charge in [-0.15, -0.1) is 21.5 Å². The number of aliphatic imine (C=N–C) groups is 1. The number of thiophene rings is 1. The van der Waals surface area contributed by atoms with Crippen molar-refractivity contribution >= 4 is 23.0 Å². The lowest BCUT2D eigenvalue weighted by Gasteiger charge is -2.12. The van der Waals surface area contributed by atoms with Gasteiger partial charge in [0.15, 0.2) is 5.82 Å². The molecule has 1 amide bonds. The van der Waals surface area contributed by atoms with Gasteiger partial charge in [-0.1, -0.05) is 37.3 Å². The molecular weight excluding hydrogens is 382 g/mol. The van der Waals surface area contributed by atoms with E-state index in [0.717, 1.165) is 27.7 Å². The molecule has 3 heterocycles. The fourth-order valence-electron chi connectivity index (χ4n) is 3.67. The summed E-state index contributed by atoms with van der Waals surface area (Å²) in [6.45, 7) is 8.37. The van der Waals surface area contributed by atoms with Gasteiger partial charge >= 0.3 is 0 Å². The number of aryl methyl sites for hydroxylation is 2. The maximum absolute atomic E-state index is 12.2. The fourth-order valence-corrected chi connectivity index (χ4v) is 4.88. The highest BCUT2D eigenvalue weighted by atomic mass is 32.1. The van der Waals surface area contributed by atoms with Gasteiger partial charge in [-0.25, -0.2) is 0 Å². The average molecular weight is 408 g/mol. The summed E-state index contributed by atoms with van der Waals surface area (Å²) >= 11 is 1.72. The van der Waals surface area contributed by atoms with Crippen molar-refractivity contribution in [1.29, 1.82) is 0 Å². The molecule has 0 fully saturated rings. The highest BCUT2D eigenvalue weighted by Gasteiger charge is 2.32. The third-order valence-corrected chi connectivity index (χ3v) is 6.63. The molecule has 7 heteroatoms. The zero-order valence-electron chi connectivity index (χ0n) is 17.4. The molecule has 2 aromatic heterocycles. The summed E-state index contributed by atoms with van der Waals surface area (Å²) in [5.74, 6) is 1.82. The summed E-state index contributed by atoms with van der Waals surface area (Å²) in [5, 5.41) is 12.5. The second-order valence-electron chi connectivity index (χ2n) is 7.50. The Morgan fingerprint density at radius 3 is 2.79 bits per heavy atom. The van der Waals surface area contributed by atoms with Crippen molar-refractivity contribution in [3.63, 3.8) is 0 Å². The van der Waals surface area contributed by atoms with Crippen molar-refractivity contribution in [2.75, 3.05) is 7.05 Å². The molecule has 0 spiro atoms. The topological polar surface area (TPSA) is 72.2 Å². The molecule has 150 valence electrons. The van der Waals surface area contributed by atoms with Crippen molar-refractivity contribution in [1.82, 2.24) is 20.1 Å². The van der Waals surface area contributed by atoms with E-state index in [9.17, 15) is 4.79 Å². The van der Waals surface area contributed by atoms with Crippen LogP contribution in [0.5, 0.6) is 0 Å². The molecule has 0 saturated heterocycles. The predicted molar refractivity (Wildman–Crippen MR) is 117 cm³/mol. The largest absolute Gasteiger partial charge is 0.359 e. The van der Waals surface area contributed by atoms with Crippen molar-refractivity contribution in [2.45, 2.75) is 40.2 Å². The minimum Gasteiger partial charge on any atom is -0.359 e. The van der Waals surface area contributed by atoms with Crippen LogP contribution in [0.1, 0.15) is 47.0 Å². The highest BCUT2D eigenvalue weighted by Crippen LogP contribution is 2.39. The number of allylic oxidation sites excluding steroid dienone is 6. The summed E-state index contributed by atoms with van der Waals surface area (Å²) < 4.78 is 2.07. The number of nitrogens with one attached hydrogen (secondary N) is 1. The molecule has 29 heavy (non-hydrogen) atoms. The second-order valence-corrected chi connectivity index (χ2v) is 8.70. The molecule has 1 unspecified atom stereocenters. The van der Waals surface area contributed by atoms with Crippen LogP contribution in [0.25, 0.3) is 5.00 Å². The lowest BCUT2D eigenvalue weighted by molar-refractivity contribution is -0.121. The Morgan fingerprint density at radius 1 is 1.24 bits per heavy atom. The van der Waals surface area contributed by atoms with Gasteiger partial charge in [-0.3, -0.25) is 14.4 Å². The molecule has 0 radical (unpaired) electrons. The highest BCUT2D eigenvalue weighted by molar-refractivity contribution is 7.15. The normalized spacial score (nSPS) is 20.3. The van der Waals surface area contributed by atoms with E-state index in [4.69, 9.17) is 4.99 Å². The quantitative estimate of drug-likeness (QED) is 0.838. The van der Waals surface area contributed by atoms with Gasteiger partial charge in [-0.05, 0) is 32.3 Å². The van der Waals surface area contributed by atoms with Crippen LogP contribution in [0.4, 0.5) is 0 Å². The third-order valence-electron chi connectivity index (χ3n) is 5.44. The molecule has 1 aliphatic heterocycles. The van der Waals surface area contributed by atoms with Crippen LogP contribution in [0, 0.1) is 26.7 Å². The zero-order chi connectivity index (χ0) is 20.7. The van der Waals surface area contributed by atoms with Crippen molar-refractivity contribution in [3.05, 3.63) is 63.6 Å². The summed E-state index contributed by atoms with van der Waals surface area (Å²) in [6.07, 6.45) is 10.9. The molecule has 4 rings (SSSR count). The van der Waals surface area contributed by atoms with Crippen LogP contribution in [0.15, 0.2) is 40.9 Å². The van der Waals surface area contributed by atoms with Crippen LogP contribution >= 0.6 is 11.3 Å². The van der Waals surface area contributed by atoms with Gasteiger partial charge in [0, 0.05) is 23.1 Å². The van der Waals surface area contributed by atoms with E-state index < -0.39 is 6.04 Å². The number of carbonyl (C=O) groups excluding carboxylic acids is 1. The fraction of sp³-hybridized carbons (Fsp3) is 0.364. The van der Waals surface area contributed by atoms with E-state index in [2.05, 4.69) is 71.2 Å². The van der Waals surface area contributed by atoms with Crippen LogP contribution in [0.3, 0.4) is 0 Å². The SMILES string of the molecule is CNC(=O)C[C@@H]1N=C(C2=CC=CC(C)C=C2)c2c(sc(C)c2C)-n2c(C)nnc21. The number of nitrogens with zero attached hydrogens (tertiary/aromatic N) is 4. The Balaban J connectivity index is 1.98. The van der Waals surface area contributed by atoms with Crippen LogP contribution in [0.2, 0.25) is 0 Å². The van der Waals surface area contributed by atoms with Crippen LogP contribution in [-0.2, 0) is 4.79 Å². The first kappa shape index (κ1) is 19.5. The van der Waals surface area contributed by atoms with E-state index >= 15 is 0 Å². The number of fused-ring (bicyclic) bond motifs is 3. The minimum absolute atomic E-state index is 0.0673. The Labute approximate surface area is 174 Å². The van der Waals surface area contributed by atoms with Gasteiger partial charge in [0.2, 0.25) is 5.91 Å². The van der Waals surface area contributed by atoms with Crippen LogP contribution < -0.4 is 5.32 Å². The number of carbonyl (C=O) groups is 1. The molecule has 1 N–H and O–H groups in total. The summed E-state index contributed by atoms with van der Waals surface area (Å²) in [7, 11) is 1.65. The molecule has 2 aliphatic rings. The second kappa shape index (κ2) is 7.55. The molecule has 2 atom stereocenters. The Bertz CT molecular complexity index is 1100. The van der Waals surface area contributed by atoms with Crippen molar-refractivity contribution < 1.29 is 4.79 Å². The predicted octanol–water partition coefficient (Wildman–Crippen LogP) is 3.92. The number of hydrogen-bond donors (Lipinski definition) is 1. The average Bonchev–Trinajstić information content (AvgIpc) is 3.06. The minimum atomic E-state index is -0.399. The van der Waals surface area contributed by atoms with E-state index in [0.29, 0.717) is 11.7 Å². The van der Waals surface area contributed by atoms with E-state index in [1.807, 2.05) is 6.92 Å². The first-order chi connectivity index (χ1) is 13.9. The monoisotopic (exact) mass is 407 g/mol. The summed E-state index contributed by atoms with van der Waals surface area (Å²) in [5.41, 5.74) is 4.27. The maximum Gasteiger partial charge on any atom is 0.222 e. The molecule has 0 bridgehead atoms. The molecule has 0 saturated carbocycles. The Morgan fingerprint density at radius 2 is 2.03 bits per heavy atom. The molecular formula is C22H25N5OS. The number of amides is 1. The number of aromatic nitrogens is 3. The lowest BCUT2D eigenvalue weighted by atomic mass is 9.98. The van der Waals surface area contributed by atoms with Crippen molar-refractivity contribution in [3.8, 4) is 5.00 Å². The van der Waals surface area contributed by atoms with Crippen molar-refractivity contribution in [2.24, 2.45) is 10.9 Å². The molecule has 1 aliphatic carbocycles. The first-order valence-electron chi connectivity index (χ1n) is 9.78. The molecule has 2 aromatic rings. The first-order valence-corrected chi connectivity index (χ1v) is 10.6. The molecule has 0 aromatic carbocycles. The van der Waals surface area contributed by atoms with Gasteiger partial charge in [0.05, 0.1) is 12.1 Å². The third kappa shape index (κ3) is 3.40. The van der Waals surface area contributed by atoms with Crippen LogP contribution in [-0.4, -0.2) is 33.4 Å². The van der Waals surface area contributed by atoms with Gasteiger partial charge in [0.1, 0.15) is 16.9 Å². The van der Waals surface area contributed by atoms with E-state index in [1.165, 1.54) is 10.4 Å².